The van der Waals surface area contributed by atoms with E-state index in [1.54, 1.807) is 47.7 Å². The van der Waals surface area contributed by atoms with Gasteiger partial charge in [0.2, 0.25) is 10.0 Å². The fourth-order valence-electron chi connectivity index (χ4n) is 3.13. The number of nitrogens with one attached hydrogen (secondary N) is 1. The Kier molecular flexibility index (Phi) is 6.27. The SMILES string of the molecule is O=S(=O)(NCc1ccccc1-c1ccsc1)c1ccc(-c2ccc(Cl)c(Cl)c2)cc1. The Bertz CT molecular complexity index is 1270. The largest absolute Gasteiger partial charge is 0.240 e. The Morgan fingerprint density at radius 1 is 0.800 bits per heavy atom. The number of hydrogen-bond acceptors (Lipinski definition) is 3. The molecule has 0 saturated carbocycles. The molecule has 4 aromatic rings. The van der Waals surface area contributed by atoms with E-state index in [2.05, 4.69) is 10.1 Å². The highest BCUT2D eigenvalue weighted by molar-refractivity contribution is 7.89. The van der Waals surface area contributed by atoms with Gasteiger partial charge in [0.1, 0.15) is 0 Å². The zero-order chi connectivity index (χ0) is 21.1. The first kappa shape index (κ1) is 21.1. The molecule has 0 spiro atoms. The second-order valence-electron chi connectivity index (χ2n) is 6.65. The van der Waals surface area contributed by atoms with Crippen molar-refractivity contribution in [2.45, 2.75) is 11.4 Å². The molecule has 30 heavy (non-hydrogen) atoms. The summed E-state index contributed by atoms with van der Waals surface area (Å²) in [5.74, 6) is 0. The first-order valence-corrected chi connectivity index (χ1v) is 12.3. The second-order valence-corrected chi connectivity index (χ2v) is 10.0. The van der Waals surface area contributed by atoms with E-state index in [1.165, 1.54) is 0 Å². The highest BCUT2D eigenvalue weighted by atomic mass is 35.5. The van der Waals surface area contributed by atoms with E-state index in [9.17, 15) is 8.42 Å². The summed E-state index contributed by atoms with van der Waals surface area (Å²) in [7, 11) is -3.65. The van der Waals surface area contributed by atoms with Gasteiger partial charge in [0, 0.05) is 6.54 Å². The predicted octanol–water partition coefficient (Wildman–Crippen LogP) is 6.87. The maximum atomic E-state index is 12.8. The lowest BCUT2D eigenvalue weighted by molar-refractivity contribution is 0.581. The maximum Gasteiger partial charge on any atom is 0.240 e. The van der Waals surface area contributed by atoms with Crippen LogP contribution in [0.2, 0.25) is 10.0 Å². The van der Waals surface area contributed by atoms with Gasteiger partial charge in [-0.05, 0) is 68.9 Å². The molecule has 0 bridgehead atoms. The van der Waals surface area contributed by atoms with Gasteiger partial charge in [0.15, 0.2) is 0 Å². The lowest BCUT2D eigenvalue weighted by atomic mass is 10.0. The van der Waals surface area contributed by atoms with Crippen LogP contribution in [0.5, 0.6) is 0 Å². The van der Waals surface area contributed by atoms with E-state index >= 15 is 0 Å². The Morgan fingerprint density at radius 2 is 1.53 bits per heavy atom. The Balaban J connectivity index is 1.53. The molecule has 0 unspecified atom stereocenters. The van der Waals surface area contributed by atoms with Gasteiger partial charge in [-0.3, -0.25) is 0 Å². The molecule has 0 radical (unpaired) electrons. The van der Waals surface area contributed by atoms with Crippen molar-refractivity contribution >= 4 is 44.6 Å². The number of sulfonamides is 1. The number of thiophene rings is 1. The quantitative estimate of drug-likeness (QED) is 0.332. The van der Waals surface area contributed by atoms with Gasteiger partial charge >= 0.3 is 0 Å². The van der Waals surface area contributed by atoms with Crippen molar-refractivity contribution in [2.75, 3.05) is 0 Å². The molecule has 1 aromatic heterocycles. The van der Waals surface area contributed by atoms with Crippen LogP contribution in [0.3, 0.4) is 0 Å². The standard InChI is InChI=1S/C23H17Cl2NO2S2/c24-22-10-7-17(13-23(22)25)16-5-8-20(9-6-16)30(27,28)26-14-18-3-1-2-4-21(18)19-11-12-29-15-19/h1-13,15,26H,14H2. The van der Waals surface area contributed by atoms with Gasteiger partial charge in [-0.2, -0.15) is 11.3 Å². The normalized spacial score (nSPS) is 11.5. The molecule has 3 nitrogen and oxygen atoms in total. The molecule has 0 aliphatic heterocycles. The minimum absolute atomic E-state index is 0.208. The second kappa shape index (κ2) is 8.92. The van der Waals surface area contributed by atoms with E-state index in [0.717, 1.165) is 27.8 Å². The van der Waals surface area contributed by atoms with Gasteiger partial charge in [-0.1, -0.05) is 65.7 Å². The maximum absolute atomic E-state index is 12.8. The van der Waals surface area contributed by atoms with Crippen LogP contribution in [-0.4, -0.2) is 8.42 Å². The topological polar surface area (TPSA) is 46.2 Å². The molecule has 4 rings (SSSR count). The summed E-state index contributed by atoms with van der Waals surface area (Å²) in [6.07, 6.45) is 0. The van der Waals surface area contributed by atoms with Gasteiger partial charge in [0.05, 0.1) is 14.9 Å². The number of rotatable bonds is 6. The molecular weight excluding hydrogens is 457 g/mol. The van der Waals surface area contributed by atoms with Crippen molar-refractivity contribution in [3.8, 4) is 22.3 Å². The minimum atomic E-state index is -3.65. The van der Waals surface area contributed by atoms with E-state index in [1.807, 2.05) is 41.8 Å². The Morgan fingerprint density at radius 3 is 2.23 bits per heavy atom. The first-order chi connectivity index (χ1) is 14.4. The molecule has 0 atom stereocenters. The zero-order valence-corrected chi connectivity index (χ0v) is 18.8. The van der Waals surface area contributed by atoms with Gasteiger partial charge in [-0.15, -0.1) is 0 Å². The van der Waals surface area contributed by atoms with Crippen LogP contribution >= 0.6 is 34.5 Å². The van der Waals surface area contributed by atoms with E-state index in [4.69, 9.17) is 23.2 Å². The summed E-state index contributed by atoms with van der Waals surface area (Å²) in [4.78, 5) is 0.208. The van der Waals surface area contributed by atoms with Crippen molar-refractivity contribution in [1.82, 2.24) is 4.72 Å². The average Bonchev–Trinajstić information content (AvgIpc) is 3.29. The van der Waals surface area contributed by atoms with Gasteiger partial charge in [-0.25, -0.2) is 13.1 Å². The fraction of sp³-hybridized carbons (Fsp3) is 0.0435. The predicted molar refractivity (Wildman–Crippen MR) is 126 cm³/mol. The molecule has 0 saturated heterocycles. The Labute approximate surface area is 190 Å². The molecule has 1 N–H and O–H groups in total. The Hall–Kier alpha value is -2.15. The third-order valence-electron chi connectivity index (χ3n) is 4.72. The molecule has 152 valence electrons. The van der Waals surface area contributed by atoms with Crippen molar-refractivity contribution in [3.05, 3.63) is 99.2 Å². The molecule has 0 amide bonds. The first-order valence-electron chi connectivity index (χ1n) is 9.10. The van der Waals surface area contributed by atoms with E-state index in [-0.39, 0.29) is 11.4 Å². The fourth-order valence-corrected chi connectivity index (χ4v) is 5.09. The summed E-state index contributed by atoms with van der Waals surface area (Å²) in [6, 6.07) is 21.8. The average molecular weight is 474 g/mol. The molecule has 1 heterocycles. The number of hydrogen-bond donors (Lipinski definition) is 1. The lowest BCUT2D eigenvalue weighted by Crippen LogP contribution is -2.23. The van der Waals surface area contributed by atoms with Crippen LogP contribution in [0.1, 0.15) is 5.56 Å². The lowest BCUT2D eigenvalue weighted by Gasteiger charge is -2.11. The summed E-state index contributed by atoms with van der Waals surface area (Å²) >= 11 is 13.7. The van der Waals surface area contributed by atoms with Crippen LogP contribution < -0.4 is 4.72 Å². The van der Waals surface area contributed by atoms with Gasteiger partial charge < -0.3 is 0 Å². The molecule has 0 aliphatic rings. The van der Waals surface area contributed by atoms with Crippen LogP contribution in [0.15, 0.2) is 88.5 Å². The number of halogens is 2. The molecular formula is C23H17Cl2NO2S2. The monoisotopic (exact) mass is 473 g/mol. The third-order valence-corrected chi connectivity index (χ3v) is 7.56. The molecule has 7 heteroatoms. The highest BCUT2D eigenvalue weighted by Crippen LogP contribution is 2.29. The van der Waals surface area contributed by atoms with Crippen molar-refractivity contribution in [1.29, 1.82) is 0 Å². The molecule has 0 aliphatic carbocycles. The third kappa shape index (κ3) is 4.61. The minimum Gasteiger partial charge on any atom is -0.207 e. The van der Waals surface area contributed by atoms with Crippen molar-refractivity contribution in [2.24, 2.45) is 0 Å². The summed E-state index contributed by atoms with van der Waals surface area (Å²) in [5.41, 5.74) is 4.76. The highest BCUT2D eigenvalue weighted by Gasteiger charge is 2.15. The van der Waals surface area contributed by atoms with Crippen LogP contribution in [0, 0.1) is 0 Å². The smallest absolute Gasteiger partial charge is 0.207 e. The van der Waals surface area contributed by atoms with E-state index in [0.29, 0.717) is 10.0 Å². The van der Waals surface area contributed by atoms with Crippen molar-refractivity contribution < 1.29 is 8.42 Å². The van der Waals surface area contributed by atoms with Gasteiger partial charge in [0.25, 0.3) is 0 Å². The van der Waals surface area contributed by atoms with Crippen LogP contribution in [0.25, 0.3) is 22.3 Å². The molecule has 0 fully saturated rings. The van der Waals surface area contributed by atoms with Crippen LogP contribution in [0.4, 0.5) is 0 Å². The summed E-state index contributed by atoms with van der Waals surface area (Å²) in [6.45, 7) is 0.211. The summed E-state index contributed by atoms with van der Waals surface area (Å²) < 4.78 is 28.3. The van der Waals surface area contributed by atoms with Crippen molar-refractivity contribution in [3.63, 3.8) is 0 Å². The number of benzene rings is 3. The van der Waals surface area contributed by atoms with E-state index < -0.39 is 10.0 Å². The molecule has 3 aromatic carbocycles. The summed E-state index contributed by atoms with van der Waals surface area (Å²) in [5, 5.41) is 4.99. The van der Waals surface area contributed by atoms with Crippen LogP contribution in [-0.2, 0) is 16.6 Å². The zero-order valence-electron chi connectivity index (χ0n) is 15.7.